The van der Waals surface area contributed by atoms with Crippen LogP contribution in [0, 0.1) is 10.1 Å². The minimum Gasteiger partial charge on any atom is -0.372 e. The number of rotatable bonds is 2. The van der Waals surface area contributed by atoms with Crippen LogP contribution in [0.15, 0.2) is 24.3 Å². The Morgan fingerprint density at radius 3 is 2.26 bits per heavy atom. The van der Waals surface area contributed by atoms with Crippen molar-refractivity contribution in [2.75, 3.05) is 13.1 Å². The molecule has 0 spiro atoms. The van der Waals surface area contributed by atoms with Crippen molar-refractivity contribution >= 4 is 17.7 Å². The van der Waals surface area contributed by atoms with Crippen LogP contribution in [0.2, 0.25) is 0 Å². The lowest BCUT2D eigenvalue weighted by Gasteiger charge is -2.13. The summed E-state index contributed by atoms with van der Waals surface area (Å²) in [5, 5.41) is 10.5. The maximum absolute atomic E-state index is 11.7. The van der Waals surface area contributed by atoms with Crippen LogP contribution in [0.4, 0.5) is 10.5 Å². The highest BCUT2D eigenvalue weighted by molar-refractivity contribution is 5.96. The Balaban J connectivity index is 1.99. The van der Waals surface area contributed by atoms with Crippen molar-refractivity contribution in [1.29, 1.82) is 0 Å². The lowest BCUT2D eigenvalue weighted by atomic mass is 10.2. The predicted molar refractivity (Wildman–Crippen MR) is 64.7 cm³/mol. The first-order valence-corrected chi connectivity index (χ1v) is 5.83. The highest BCUT2D eigenvalue weighted by atomic mass is 16.6. The topological polar surface area (TPSA) is 89.8 Å². The molecule has 1 aliphatic rings. The minimum absolute atomic E-state index is 0.109. The Hall–Kier alpha value is -2.44. The summed E-state index contributed by atoms with van der Waals surface area (Å²) in [4.78, 5) is 34.6. The monoisotopic (exact) mass is 264 g/mol. The van der Waals surface area contributed by atoms with E-state index >= 15 is 0 Å². The van der Waals surface area contributed by atoms with Gasteiger partial charge in [-0.05, 0) is 25.0 Å². The highest BCUT2D eigenvalue weighted by Crippen LogP contribution is 2.14. The molecule has 1 aromatic rings. The number of carbonyl (C=O) groups excluding carboxylic acids is 2. The van der Waals surface area contributed by atoms with E-state index < -0.39 is 17.0 Å². The first kappa shape index (κ1) is 13.0. The van der Waals surface area contributed by atoms with Gasteiger partial charge in [0, 0.05) is 25.2 Å². The Kier molecular flexibility index (Phi) is 3.74. The van der Waals surface area contributed by atoms with E-state index in [-0.39, 0.29) is 11.3 Å². The molecule has 2 rings (SSSR count). The fraction of sp³-hybridized carbons (Fsp3) is 0.333. The number of hydrogen-bond acceptors (Lipinski definition) is 5. The van der Waals surface area contributed by atoms with Crippen molar-refractivity contribution in [2.45, 2.75) is 12.8 Å². The van der Waals surface area contributed by atoms with Gasteiger partial charge in [-0.3, -0.25) is 10.1 Å². The molecule has 0 saturated carbocycles. The third-order valence-corrected chi connectivity index (χ3v) is 2.86. The SMILES string of the molecule is O=C(OC(=O)N1CCCC1)c1ccc([N+](=O)[O-])cc1. The van der Waals surface area contributed by atoms with Crippen molar-refractivity contribution in [3.8, 4) is 0 Å². The van der Waals surface area contributed by atoms with Crippen LogP contribution < -0.4 is 0 Å². The summed E-state index contributed by atoms with van der Waals surface area (Å²) < 4.78 is 4.70. The van der Waals surface area contributed by atoms with Crippen molar-refractivity contribution in [1.82, 2.24) is 4.90 Å². The summed E-state index contributed by atoms with van der Waals surface area (Å²) in [6, 6.07) is 4.91. The summed E-state index contributed by atoms with van der Waals surface area (Å²) in [5.41, 5.74) is -0.0134. The lowest BCUT2D eigenvalue weighted by Crippen LogP contribution is -2.30. The zero-order valence-electron chi connectivity index (χ0n) is 10.1. The smallest absolute Gasteiger partial charge is 0.372 e. The number of ether oxygens (including phenoxy) is 1. The van der Waals surface area contributed by atoms with E-state index in [0.29, 0.717) is 13.1 Å². The molecule has 0 unspecified atom stereocenters. The molecule has 0 aromatic heterocycles. The second kappa shape index (κ2) is 5.47. The van der Waals surface area contributed by atoms with Crippen LogP contribution >= 0.6 is 0 Å². The number of hydrogen-bond donors (Lipinski definition) is 0. The number of nitrogens with zero attached hydrogens (tertiary/aromatic N) is 2. The van der Waals surface area contributed by atoms with Crippen LogP contribution in [0.5, 0.6) is 0 Å². The van der Waals surface area contributed by atoms with Crippen LogP contribution in [-0.4, -0.2) is 35.0 Å². The number of carbonyl (C=O) groups is 2. The zero-order chi connectivity index (χ0) is 13.8. The van der Waals surface area contributed by atoms with Crippen LogP contribution in [0.3, 0.4) is 0 Å². The van der Waals surface area contributed by atoms with Crippen molar-refractivity contribution in [2.24, 2.45) is 0 Å². The number of non-ortho nitro benzene ring substituents is 1. The van der Waals surface area contributed by atoms with Gasteiger partial charge in [0.05, 0.1) is 10.5 Å². The molecule has 0 aliphatic carbocycles. The van der Waals surface area contributed by atoms with Gasteiger partial charge >= 0.3 is 12.1 Å². The molecule has 1 heterocycles. The number of benzene rings is 1. The lowest BCUT2D eigenvalue weighted by molar-refractivity contribution is -0.384. The maximum Gasteiger partial charge on any atom is 0.417 e. The van der Waals surface area contributed by atoms with Crippen LogP contribution in [0.1, 0.15) is 23.2 Å². The van der Waals surface area contributed by atoms with Gasteiger partial charge in [-0.1, -0.05) is 0 Å². The molecule has 0 bridgehead atoms. The Bertz CT molecular complexity index is 505. The van der Waals surface area contributed by atoms with Crippen molar-refractivity contribution in [3.05, 3.63) is 39.9 Å². The van der Waals surface area contributed by atoms with Crippen LogP contribution in [-0.2, 0) is 4.74 Å². The van der Waals surface area contributed by atoms with Gasteiger partial charge in [0.25, 0.3) is 5.69 Å². The molecular weight excluding hydrogens is 252 g/mol. The molecule has 1 amide bonds. The summed E-state index contributed by atoms with van der Waals surface area (Å²) in [6.45, 7) is 1.18. The zero-order valence-corrected chi connectivity index (χ0v) is 10.1. The van der Waals surface area contributed by atoms with Gasteiger partial charge < -0.3 is 9.64 Å². The van der Waals surface area contributed by atoms with E-state index in [1.807, 2.05) is 0 Å². The fourth-order valence-corrected chi connectivity index (χ4v) is 1.82. The minimum atomic E-state index is -0.799. The molecule has 19 heavy (non-hydrogen) atoms. The average molecular weight is 264 g/mol. The predicted octanol–water partition coefficient (Wildman–Crippen LogP) is 1.97. The normalized spacial score (nSPS) is 14.2. The van der Waals surface area contributed by atoms with E-state index in [2.05, 4.69) is 0 Å². The fourth-order valence-electron chi connectivity index (χ4n) is 1.82. The third-order valence-electron chi connectivity index (χ3n) is 2.86. The van der Waals surface area contributed by atoms with E-state index in [0.717, 1.165) is 12.8 Å². The Morgan fingerprint density at radius 1 is 1.16 bits per heavy atom. The summed E-state index contributed by atoms with van der Waals surface area (Å²) in [7, 11) is 0. The average Bonchev–Trinajstić information content (AvgIpc) is 2.92. The number of nitro benzene ring substituents is 1. The summed E-state index contributed by atoms with van der Waals surface area (Å²) in [5.74, 6) is -0.799. The molecule has 0 radical (unpaired) electrons. The third kappa shape index (κ3) is 3.06. The number of nitro groups is 1. The molecule has 100 valence electrons. The standard InChI is InChI=1S/C12H12N2O5/c15-11(19-12(16)13-7-1-2-8-13)9-3-5-10(6-4-9)14(17)18/h3-6H,1-2,7-8H2. The van der Waals surface area contributed by atoms with E-state index in [1.54, 1.807) is 0 Å². The van der Waals surface area contributed by atoms with Gasteiger partial charge in [-0.2, -0.15) is 0 Å². The molecule has 7 heteroatoms. The van der Waals surface area contributed by atoms with Gasteiger partial charge in [0.1, 0.15) is 0 Å². The van der Waals surface area contributed by atoms with Gasteiger partial charge in [-0.25, -0.2) is 9.59 Å². The summed E-state index contributed by atoms with van der Waals surface area (Å²) >= 11 is 0. The van der Waals surface area contributed by atoms with E-state index in [9.17, 15) is 19.7 Å². The van der Waals surface area contributed by atoms with Gasteiger partial charge in [-0.15, -0.1) is 0 Å². The molecule has 0 N–H and O–H groups in total. The first-order valence-electron chi connectivity index (χ1n) is 5.83. The molecular formula is C12H12N2O5. The van der Waals surface area contributed by atoms with Crippen molar-refractivity contribution in [3.63, 3.8) is 0 Å². The molecule has 7 nitrogen and oxygen atoms in total. The number of esters is 1. The van der Waals surface area contributed by atoms with Gasteiger partial charge in [0.15, 0.2) is 0 Å². The van der Waals surface area contributed by atoms with E-state index in [4.69, 9.17) is 4.74 Å². The molecule has 1 aromatic carbocycles. The molecule has 1 fully saturated rings. The van der Waals surface area contributed by atoms with Gasteiger partial charge in [0.2, 0.25) is 0 Å². The number of amides is 1. The largest absolute Gasteiger partial charge is 0.417 e. The summed E-state index contributed by atoms with van der Waals surface area (Å²) in [6.07, 6.45) is 1.14. The first-order chi connectivity index (χ1) is 9.08. The molecule has 0 atom stereocenters. The van der Waals surface area contributed by atoms with E-state index in [1.165, 1.54) is 29.2 Å². The second-order valence-corrected chi connectivity index (χ2v) is 4.15. The number of likely N-dealkylation sites (tertiary alicyclic amines) is 1. The quantitative estimate of drug-likeness (QED) is 0.352. The Morgan fingerprint density at radius 2 is 1.74 bits per heavy atom. The maximum atomic E-state index is 11.7. The van der Waals surface area contributed by atoms with Crippen LogP contribution in [0.25, 0.3) is 0 Å². The molecule has 1 saturated heterocycles. The second-order valence-electron chi connectivity index (χ2n) is 4.15. The highest BCUT2D eigenvalue weighted by Gasteiger charge is 2.22. The van der Waals surface area contributed by atoms with Crippen molar-refractivity contribution < 1.29 is 19.2 Å². The Labute approximate surface area is 108 Å². The molecule has 1 aliphatic heterocycles.